The number of ketones is 1. The summed E-state index contributed by atoms with van der Waals surface area (Å²) in [5, 5.41) is 19.4. The molecule has 8 heteroatoms. The van der Waals surface area contributed by atoms with Gasteiger partial charge < -0.3 is 10.2 Å². The lowest BCUT2D eigenvalue weighted by atomic mass is 9.88. The first-order valence-corrected chi connectivity index (χ1v) is 8.90. The molecule has 0 aromatic carbocycles. The van der Waals surface area contributed by atoms with Crippen molar-refractivity contribution >= 4 is 56.3 Å². The van der Waals surface area contributed by atoms with Gasteiger partial charge in [-0.2, -0.15) is 0 Å². The smallest absolute Gasteiger partial charge is 0.307 e. The van der Waals surface area contributed by atoms with E-state index in [4.69, 9.17) is 16.7 Å². The summed E-state index contributed by atoms with van der Waals surface area (Å²) in [5.74, 6) is -1.63. The maximum atomic E-state index is 12.6. The Kier molecular flexibility index (Phi) is 4.50. The Bertz CT molecular complexity index is 907. The average molecular weight is 429 g/mol. The fourth-order valence-electron chi connectivity index (χ4n) is 2.71. The first-order chi connectivity index (χ1) is 11.3. The van der Waals surface area contributed by atoms with Gasteiger partial charge in [0.2, 0.25) is 5.78 Å². The van der Waals surface area contributed by atoms with Crippen molar-refractivity contribution in [2.75, 3.05) is 0 Å². The molecule has 0 bridgehead atoms. The second-order valence-electron chi connectivity index (χ2n) is 5.32. The Morgan fingerprint density at radius 1 is 1.42 bits per heavy atom. The highest BCUT2D eigenvalue weighted by Crippen LogP contribution is 2.41. The molecule has 0 saturated carbocycles. The fraction of sp³-hybridized carbons (Fsp3) is 0.188. The number of aliphatic hydroxyl groups excluding tert-OH is 1. The number of allylic oxidation sites excluding steroid dienone is 4. The number of nitrogens with zero attached hydrogens (tertiary/aromatic N) is 1. The lowest BCUT2D eigenvalue weighted by molar-refractivity contribution is -0.136. The van der Waals surface area contributed by atoms with E-state index in [-0.39, 0.29) is 35.0 Å². The van der Waals surface area contributed by atoms with E-state index < -0.39 is 5.97 Å². The van der Waals surface area contributed by atoms with Crippen LogP contribution in [-0.2, 0) is 4.79 Å². The Hall–Kier alpha value is -1.70. The van der Waals surface area contributed by atoms with Crippen molar-refractivity contribution in [3.8, 4) is 0 Å². The van der Waals surface area contributed by atoms with Gasteiger partial charge in [-0.3, -0.25) is 14.6 Å². The van der Waals surface area contributed by atoms with Crippen LogP contribution in [0.25, 0.3) is 0 Å². The molecule has 24 heavy (non-hydrogen) atoms. The van der Waals surface area contributed by atoms with E-state index in [1.807, 2.05) is 0 Å². The molecule has 0 atom stereocenters. The minimum Gasteiger partial charge on any atom is -0.506 e. The number of aliphatic carboxylic acids is 1. The molecule has 1 aromatic rings. The summed E-state index contributed by atoms with van der Waals surface area (Å²) in [4.78, 5) is 28.5. The Morgan fingerprint density at radius 3 is 2.71 bits per heavy atom. The highest BCUT2D eigenvalue weighted by Gasteiger charge is 2.35. The summed E-state index contributed by atoms with van der Waals surface area (Å²) >= 11 is 10.8. The number of Topliss-reactive ketones (excluding diaryl/α,β-unsaturated/α-hetero) is 1. The third-order valence-electron chi connectivity index (χ3n) is 3.79. The molecule has 0 spiro atoms. The van der Waals surface area contributed by atoms with Crippen molar-refractivity contribution in [3.63, 3.8) is 0 Å². The van der Waals surface area contributed by atoms with E-state index in [1.54, 1.807) is 19.1 Å². The molecule has 5 nitrogen and oxygen atoms in total. The summed E-state index contributed by atoms with van der Waals surface area (Å²) in [6.45, 7) is 1.69. The lowest BCUT2D eigenvalue weighted by Crippen LogP contribution is -2.18. The topological polar surface area (TPSA) is 87.0 Å². The van der Waals surface area contributed by atoms with Crippen molar-refractivity contribution in [3.05, 3.63) is 54.0 Å². The zero-order chi connectivity index (χ0) is 17.6. The van der Waals surface area contributed by atoms with Crippen LogP contribution < -0.4 is 0 Å². The van der Waals surface area contributed by atoms with E-state index in [0.717, 1.165) is 3.79 Å². The minimum atomic E-state index is -1.01. The molecule has 1 aliphatic carbocycles. The molecule has 2 heterocycles. The number of hydrogen-bond donors (Lipinski definition) is 2. The van der Waals surface area contributed by atoms with Crippen molar-refractivity contribution in [1.82, 2.24) is 0 Å². The fourth-order valence-corrected chi connectivity index (χ4v) is 4.40. The van der Waals surface area contributed by atoms with Crippen LogP contribution in [0, 0.1) is 0 Å². The van der Waals surface area contributed by atoms with Crippen LogP contribution in [0.2, 0.25) is 0 Å². The number of hydrogen-bond acceptors (Lipinski definition) is 5. The van der Waals surface area contributed by atoms with Crippen molar-refractivity contribution in [1.29, 1.82) is 0 Å². The maximum Gasteiger partial charge on any atom is 0.307 e. The minimum absolute atomic E-state index is 0.0212. The number of rotatable bonds is 4. The van der Waals surface area contributed by atoms with E-state index in [0.29, 0.717) is 27.4 Å². The van der Waals surface area contributed by atoms with Gasteiger partial charge in [0.15, 0.2) is 0 Å². The number of carboxylic acids is 1. The first-order valence-electron chi connectivity index (χ1n) is 6.91. The second-order valence-corrected chi connectivity index (χ2v) is 8.16. The summed E-state index contributed by atoms with van der Waals surface area (Å²) in [5.41, 5.74) is 2.13. The Labute approximate surface area is 154 Å². The van der Waals surface area contributed by atoms with Crippen molar-refractivity contribution < 1.29 is 19.8 Å². The number of thiophene rings is 1. The number of aliphatic imine (C=N–C) groups is 1. The summed E-state index contributed by atoms with van der Waals surface area (Å²) in [6, 6.07) is 3.42. The van der Waals surface area contributed by atoms with E-state index in [1.165, 1.54) is 11.3 Å². The van der Waals surface area contributed by atoms with E-state index >= 15 is 0 Å². The largest absolute Gasteiger partial charge is 0.506 e. The van der Waals surface area contributed by atoms with Crippen LogP contribution in [-0.4, -0.2) is 27.7 Å². The third-order valence-corrected chi connectivity index (χ3v) is 5.78. The molecule has 0 fully saturated rings. The van der Waals surface area contributed by atoms with E-state index in [2.05, 4.69) is 20.9 Å². The molecule has 124 valence electrons. The number of carboxylic acid groups (broad SMARTS) is 1. The molecule has 2 aliphatic rings. The quantitative estimate of drug-likeness (QED) is 0.686. The zero-order valence-electron chi connectivity index (χ0n) is 12.4. The van der Waals surface area contributed by atoms with Gasteiger partial charge in [0.25, 0.3) is 0 Å². The lowest BCUT2D eigenvalue weighted by Gasteiger charge is -2.19. The van der Waals surface area contributed by atoms with Gasteiger partial charge >= 0.3 is 5.97 Å². The van der Waals surface area contributed by atoms with Gasteiger partial charge in [-0.1, -0.05) is 11.6 Å². The van der Waals surface area contributed by atoms with Crippen molar-refractivity contribution in [2.45, 2.75) is 19.8 Å². The monoisotopic (exact) mass is 427 g/mol. The second kappa shape index (κ2) is 6.31. The van der Waals surface area contributed by atoms with Gasteiger partial charge in [-0.25, -0.2) is 0 Å². The standard InChI is InChI=1S/C16H11BrClNO4S/c1-6-7(5-12(20)21)13-9(19-6)4-8(16(23)14(13)18)15(22)10-2-3-11(17)24-10/h2-3,23H,4-5H2,1H3,(H,20,21). The number of carbonyl (C=O) groups is 2. The summed E-state index contributed by atoms with van der Waals surface area (Å²) in [7, 11) is 0. The number of carbonyl (C=O) groups excluding carboxylic acids is 1. The predicted octanol–water partition coefficient (Wildman–Crippen LogP) is 4.61. The van der Waals surface area contributed by atoms with Crippen LogP contribution >= 0.6 is 38.9 Å². The average Bonchev–Trinajstić information content (AvgIpc) is 3.06. The summed E-state index contributed by atoms with van der Waals surface area (Å²) in [6.07, 6.45) is -0.120. The van der Waals surface area contributed by atoms with Gasteiger partial charge in [0, 0.05) is 17.7 Å². The summed E-state index contributed by atoms with van der Waals surface area (Å²) < 4.78 is 0.809. The number of fused-ring (bicyclic) bond motifs is 1. The number of aliphatic hydroxyl groups is 1. The van der Waals surface area contributed by atoms with Crippen LogP contribution in [0.4, 0.5) is 0 Å². The van der Waals surface area contributed by atoms with Gasteiger partial charge in [0.05, 0.1) is 31.4 Å². The Balaban J connectivity index is 2.04. The molecule has 0 amide bonds. The highest BCUT2D eigenvalue weighted by molar-refractivity contribution is 9.11. The highest BCUT2D eigenvalue weighted by atomic mass is 79.9. The van der Waals surface area contributed by atoms with Gasteiger partial charge in [-0.05, 0) is 40.6 Å². The van der Waals surface area contributed by atoms with Gasteiger partial charge in [-0.15, -0.1) is 11.3 Å². The molecule has 2 N–H and O–H groups in total. The first kappa shape index (κ1) is 17.1. The Morgan fingerprint density at radius 2 is 2.12 bits per heavy atom. The molecule has 3 rings (SSSR count). The van der Waals surface area contributed by atoms with Gasteiger partial charge in [0.1, 0.15) is 5.76 Å². The molecule has 1 aliphatic heterocycles. The van der Waals surface area contributed by atoms with Crippen LogP contribution in [0.1, 0.15) is 29.4 Å². The van der Waals surface area contributed by atoms with Crippen LogP contribution in [0.3, 0.4) is 0 Å². The maximum absolute atomic E-state index is 12.6. The molecule has 0 saturated heterocycles. The third kappa shape index (κ3) is 2.87. The zero-order valence-corrected chi connectivity index (χ0v) is 15.5. The van der Waals surface area contributed by atoms with Crippen LogP contribution in [0.15, 0.2) is 54.1 Å². The normalized spacial score (nSPS) is 17.4. The molecular formula is C16H11BrClNO4S. The number of halogens is 2. The molecule has 0 unspecified atom stereocenters. The van der Waals surface area contributed by atoms with Crippen molar-refractivity contribution in [2.24, 2.45) is 4.99 Å². The van der Waals surface area contributed by atoms with E-state index in [9.17, 15) is 14.7 Å². The predicted molar refractivity (Wildman–Crippen MR) is 95.9 cm³/mol. The molecular weight excluding hydrogens is 418 g/mol. The molecule has 0 radical (unpaired) electrons. The molecule has 1 aromatic heterocycles. The van der Waals surface area contributed by atoms with Crippen LogP contribution in [0.5, 0.6) is 0 Å². The SMILES string of the molecule is CC1=C(CC(=O)O)C2=C(Cl)C(O)=C(C(=O)c3ccc(Br)s3)CC2=N1.